The van der Waals surface area contributed by atoms with E-state index >= 15 is 0 Å². The fourth-order valence-corrected chi connectivity index (χ4v) is 8.56. The molecule has 0 amide bonds. The van der Waals surface area contributed by atoms with Crippen LogP contribution in [-0.2, 0) is 28.1 Å². The number of fused-ring (bicyclic) bond motifs is 1. The second-order valence-corrected chi connectivity index (χ2v) is 21.1. The fraction of sp³-hybridized carbons (Fsp3) is 0.323. The number of phenols is 1. The average molecular weight is 885 g/mol. The van der Waals surface area contributed by atoms with Crippen molar-refractivity contribution < 1.29 is 22.9 Å². The first-order valence-corrected chi connectivity index (χ1v) is 22.7. The van der Waals surface area contributed by atoms with Crippen LogP contribution in [-0.4, -0.2) is 19.6 Å². The number of benzene rings is 6. The highest BCUT2D eigenvalue weighted by molar-refractivity contribution is 5.97. The molecule has 338 valence electrons. The molecule has 0 aliphatic rings. The molecule has 0 spiro atoms. The molecule has 0 saturated carbocycles. The molecule has 2 aromatic heterocycles. The molecule has 4 nitrogen and oxygen atoms in total. The van der Waals surface area contributed by atoms with Crippen molar-refractivity contribution in [2.24, 2.45) is 5.92 Å². The number of rotatable bonds is 8. The van der Waals surface area contributed by atoms with Gasteiger partial charge < -0.3 is 5.11 Å². The Morgan fingerprint density at radius 3 is 1.91 bits per heavy atom. The van der Waals surface area contributed by atoms with E-state index in [9.17, 15) is 5.11 Å². The molecule has 0 fully saturated rings. The van der Waals surface area contributed by atoms with Gasteiger partial charge in [0.15, 0.2) is 0 Å². The molecule has 8 rings (SSSR count). The lowest BCUT2D eigenvalue weighted by molar-refractivity contribution is 0.446. The number of imidazole rings is 1. The first-order chi connectivity index (χ1) is 36.4. The molecule has 0 aliphatic carbocycles. The third-order valence-corrected chi connectivity index (χ3v) is 12.2. The van der Waals surface area contributed by atoms with Crippen molar-refractivity contribution in [1.29, 1.82) is 0 Å². The minimum absolute atomic E-state index is 0.144. The van der Waals surface area contributed by atoms with E-state index in [1.807, 2.05) is 48.5 Å². The van der Waals surface area contributed by atoms with Crippen LogP contribution in [0.5, 0.6) is 5.75 Å². The molecular weight excluding hydrogens is 803 g/mol. The summed E-state index contributed by atoms with van der Waals surface area (Å²) < 4.78 is 113. The molecule has 6 aromatic carbocycles. The van der Waals surface area contributed by atoms with Gasteiger partial charge in [0, 0.05) is 40.9 Å². The molecule has 0 radical (unpaired) electrons. The summed E-state index contributed by atoms with van der Waals surface area (Å²) in [6.07, 6.45) is 2.26. The zero-order valence-corrected chi connectivity index (χ0v) is 40.0. The van der Waals surface area contributed by atoms with Gasteiger partial charge in [0.2, 0.25) is 0 Å². The molecule has 8 aromatic rings. The van der Waals surface area contributed by atoms with Crippen LogP contribution in [0.15, 0.2) is 140 Å². The highest BCUT2D eigenvalue weighted by atomic mass is 16.3. The van der Waals surface area contributed by atoms with Gasteiger partial charge in [-0.15, -0.1) is 0 Å². The number of hydrogen-bond donors (Lipinski definition) is 1. The smallest absolute Gasteiger partial charge is 0.149 e. The Kier molecular flexibility index (Phi) is 8.44. The zero-order valence-electron chi connectivity index (χ0n) is 53.0. The Morgan fingerprint density at radius 1 is 0.576 bits per heavy atom. The number of aromatic hydroxyl groups is 1. The minimum atomic E-state index is -3.81. The van der Waals surface area contributed by atoms with E-state index in [1.54, 1.807) is 6.07 Å². The molecule has 0 unspecified atom stereocenters. The molecule has 2 heterocycles. The lowest BCUT2D eigenvalue weighted by Gasteiger charge is -2.27. The standard InChI is InChI=1S/C62H69N3O/c1-39(2)31-43-35-49(27-28-50(43)41-19-16-15-17-20-41)65-55-22-18-21-51(56(55)64-58(65)52-37-48(61(9,10)11)38-53(57(52)66)62(12,13)14)44-32-45(34-47(33-44)60(6,7)8)54-36-42(29-30-63-54)40-23-25-46(26-24-40)59(3,4)5/h15-30,32-39,66H,31H2,1-14H3/i3D3,4D3,5D3,23D,24D,25D,26D. The van der Waals surface area contributed by atoms with Crippen molar-refractivity contribution in [1.82, 2.24) is 14.5 Å². The predicted octanol–water partition coefficient (Wildman–Crippen LogP) is 16.8. The monoisotopic (exact) mass is 885 g/mol. The average Bonchev–Trinajstić information content (AvgIpc) is 3.30. The molecule has 4 heteroatoms. The summed E-state index contributed by atoms with van der Waals surface area (Å²) in [4.78, 5) is 10.3. The number of hydrogen-bond acceptors (Lipinski definition) is 3. The maximum atomic E-state index is 12.5. The van der Waals surface area contributed by atoms with E-state index < -0.39 is 66.5 Å². The Balaban J connectivity index is 1.40. The van der Waals surface area contributed by atoms with E-state index in [4.69, 9.17) is 27.8 Å². The summed E-state index contributed by atoms with van der Waals surface area (Å²) in [5.74, 6) is 1.05. The first-order valence-electron chi connectivity index (χ1n) is 29.2. The number of phenolic OH excluding ortho intramolecular Hbond substituents is 1. The Labute approximate surface area is 413 Å². The second kappa shape index (κ2) is 17.2. The summed E-state index contributed by atoms with van der Waals surface area (Å²) in [6.45, 7) is 12.0. The van der Waals surface area contributed by atoms with Crippen LogP contribution in [0.3, 0.4) is 0 Å². The van der Waals surface area contributed by atoms with Gasteiger partial charge in [-0.05, 0) is 133 Å². The maximum Gasteiger partial charge on any atom is 0.149 e. The molecule has 0 bridgehead atoms. The van der Waals surface area contributed by atoms with E-state index in [0.717, 1.165) is 56.6 Å². The SMILES string of the molecule is [2H]c1c([2H])c(C(C([2H])([2H])[2H])(C([2H])([2H])[2H])C([2H])([2H])[2H])c([2H])c([2H])c1-c1ccnc(-c2cc(-c3cccc4c3nc(-c3cc(C(C)(C)C)cc(C(C)(C)C)c3O)n4-c3ccc(-c4ccccc4)c(CC(C)C)c3)cc(C(C)(C)C)c2)c1. The molecular formula is C62H69N3O. The van der Waals surface area contributed by atoms with Crippen molar-refractivity contribution in [2.75, 3.05) is 0 Å². The van der Waals surface area contributed by atoms with Gasteiger partial charge in [-0.25, -0.2) is 4.98 Å². The molecule has 0 aliphatic heterocycles. The highest BCUT2D eigenvalue weighted by Gasteiger charge is 2.29. The van der Waals surface area contributed by atoms with Crippen LogP contribution in [0.2, 0.25) is 0 Å². The van der Waals surface area contributed by atoms with E-state index in [1.165, 1.54) is 17.8 Å². The fourth-order valence-electron chi connectivity index (χ4n) is 8.56. The van der Waals surface area contributed by atoms with Crippen LogP contribution in [0.25, 0.3) is 72.7 Å². The topological polar surface area (TPSA) is 50.9 Å². The lowest BCUT2D eigenvalue weighted by Crippen LogP contribution is -2.17. The van der Waals surface area contributed by atoms with E-state index in [2.05, 4.69) is 129 Å². The van der Waals surface area contributed by atoms with Crippen LogP contribution in [0.4, 0.5) is 0 Å². The van der Waals surface area contributed by atoms with Gasteiger partial charge in [0.05, 0.1) is 27.8 Å². The summed E-state index contributed by atoms with van der Waals surface area (Å²) in [6, 6.07) is 32.4. The van der Waals surface area contributed by atoms with Gasteiger partial charge in [0.1, 0.15) is 11.6 Å². The Hall–Kier alpha value is -6.26. The van der Waals surface area contributed by atoms with E-state index in [0.29, 0.717) is 34.1 Å². The van der Waals surface area contributed by atoms with Crippen molar-refractivity contribution >= 4 is 11.0 Å². The lowest BCUT2D eigenvalue weighted by atomic mass is 9.79. The van der Waals surface area contributed by atoms with Gasteiger partial charge in [-0.2, -0.15) is 0 Å². The largest absolute Gasteiger partial charge is 0.507 e. The number of para-hydroxylation sites is 1. The molecule has 0 atom stereocenters. The van der Waals surface area contributed by atoms with Crippen LogP contribution < -0.4 is 0 Å². The van der Waals surface area contributed by atoms with Gasteiger partial charge in [0.25, 0.3) is 0 Å². The second-order valence-electron chi connectivity index (χ2n) is 21.1. The number of nitrogens with zero attached hydrogens (tertiary/aromatic N) is 3. The van der Waals surface area contributed by atoms with Gasteiger partial charge >= 0.3 is 0 Å². The van der Waals surface area contributed by atoms with Crippen molar-refractivity contribution in [2.45, 2.75) is 125 Å². The summed E-state index contributed by atoms with van der Waals surface area (Å²) in [7, 11) is 0. The van der Waals surface area contributed by atoms with Crippen LogP contribution in [0, 0.1) is 5.92 Å². The first kappa shape index (κ1) is 32.4. The van der Waals surface area contributed by atoms with Crippen molar-refractivity contribution in [3.05, 3.63) is 167 Å². The summed E-state index contributed by atoms with van der Waals surface area (Å²) in [5, 5.41) is 12.5. The third-order valence-electron chi connectivity index (χ3n) is 12.2. The quantitative estimate of drug-likeness (QED) is 0.165. The third kappa shape index (κ3) is 9.38. The van der Waals surface area contributed by atoms with Gasteiger partial charge in [-0.1, -0.05) is 182 Å². The number of pyridine rings is 1. The molecule has 66 heavy (non-hydrogen) atoms. The van der Waals surface area contributed by atoms with Crippen molar-refractivity contribution in [3.63, 3.8) is 0 Å². The van der Waals surface area contributed by atoms with E-state index in [-0.39, 0.29) is 22.3 Å². The molecule has 1 N–H and O–H groups in total. The minimum Gasteiger partial charge on any atom is -0.507 e. The van der Waals surface area contributed by atoms with Gasteiger partial charge in [-0.3, -0.25) is 9.55 Å². The predicted molar refractivity (Wildman–Crippen MR) is 281 cm³/mol. The summed E-state index contributed by atoms with van der Waals surface area (Å²) in [5.41, 5.74) is 5.39. The zero-order chi connectivity index (χ0) is 58.5. The highest BCUT2D eigenvalue weighted by Crippen LogP contribution is 2.45. The summed E-state index contributed by atoms with van der Waals surface area (Å²) >= 11 is 0. The Bertz CT molecular complexity index is 3580. The number of aromatic nitrogens is 3. The van der Waals surface area contributed by atoms with Crippen molar-refractivity contribution in [3.8, 4) is 67.5 Å². The Morgan fingerprint density at radius 2 is 1.26 bits per heavy atom. The maximum absolute atomic E-state index is 12.5. The molecule has 0 saturated heterocycles. The van der Waals surface area contributed by atoms with Crippen LogP contribution in [0.1, 0.15) is 142 Å². The normalized spacial score (nSPS) is 16.1. The van der Waals surface area contributed by atoms with Crippen LogP contribution >= 0.6 is 0 Å².